The molecule has 0 fully saturated rings. The second kappa shape index (κ2) is 3.90. The number of nitro groups is 2. The Morgan fingerprint density at radius 3 is 1.86 bits per heavy atom. The molecular formula is C4H7F3N2O4Si. The first-order valence-electron chi connectivity index (χ1n) is 3.45. The van der Waals surface area contributed by atoms with E-state index in [1.807, 2.05) is 0 Å². The summed E-state index contributed by atoms with van der Waals surface area (Å²) in [5.74, 6) is -3.99. The van der Waals surface area contributed by atoms with Crippen LogP contribution in [0, 0.1) is 20.2 Å². The monoisotopic (exact) mass is 232 g/mol. The van der Waals surface area contributed by atoms with E-state index in [2.05, 4.69) is 0 Å². The minimum absolute atomic E-state index is 0.535. The van der Waals surface area contributed by atoms with E-state index in [9.17, 15) is 32.8 Å². The van der Waals surface area contributed by atoms with Crippen molar-refractivity contribution in [2.24, 2.45) is 0 Å². The van der Waals surface area contributed by atoms with Gasteiger partial charge in [0.2, 0.25) is 0 Å². The molecule has 0 heterocycles. The first-order chi connectivity index (χ1) is 6.09. The van der Waals surface area contributed by atoms with Crippen LogP contribution in [0.5, 0.6) is 0 Å². The Labute approximate surface area is 77.4 Å². The molecule has 0 aliphatic carbocycles. The highest BCUT2D eigenvalue weighted by atomic mass is 28.4. The Morgan fingerprint density at radius 1 is 1.29 bits per heavy atom. The molecule has 0 unspecified atom stereocenters. The van der Waals surface area contributed by atoms with Gasteiger partial charge in [-0.3, -0.25) is 28.4 Å². The van der Waals surface area contributed by atoms with Crippen LogP contribution in [0.1, 0.15) is 6.42 Å². The summed E-state index contributed by atoms with van der Waals surface area (Å²) in [6.45, 7) is 0.535. The molecule has 82 valence electrons. The zero-order chi connectivity index (χ0) is 11.6. The summed E-state index contributed by atoms with van der Waals surface area (Å²) < 4.78 is 37.5. The van der Waals surface area contributed by atoms with Crippen molar-refractivity contribution in [1.82, 2.24) is 0 Å². The van der Waals surface area contributed by atoms with E-state index in [0.29, 0.717) is 6.55 Å². The first-order valence-corrected chi connectivity index (χ1v) is 5.91. The van der Waals surface area contributed by atoms with E-state index < -0.39 is 37.0 Å². The lowest BCUT2D eigenvalue weighted by Crippen LogP contribution is -2.42. The molecule has 6 nitrogen and oxygen atoms in total. The second-order valence-electron chi connectivity index (χ2n) is 2.80. The molecule has 14 heavy (non-hydrogen) atoms. The second-order valence-corrected chi connectivity index (χ2v) is 5.44. The van der Waals surface area contributed by atoms with Gasteiger partial charge in [0.05, 0.1) is 0 Å². The normalized spacial score (nSPS) is 12.6. The number of hydrogen-bond acceptors (Lipinski definition) is 4. The smallest absolute Gasteiger partial charge is 0.271 e. The molecule has 0 N–H and O–H groups in total. The van der Waals surface area contributed by atoms with Crippen molar-refractivity contribution in [3.8, 4) is 0 Å². The van der Waals surface area contributed by atoms with Crippen LogP contribution in [0.2, 0.25) is 12.6 Å². The lowest BCUT2D eigenvalue weighted by Gasteiger charge is -2.09. The first kappa shape index (κ1) is 12.8. The Balaban J connectivity index is 4.56. The van der Waals surface area contributed by atoms with Crippen molar-refractivity contribution in [3.05, 3.63) is 20.2 Å². The molecule has 10 heteroatoms. The highest BCUT2D eigenvalue weighted by Gasteiger charge is 2.58. The lowest BCUT2D eigenvalue weighted by atomic mass is 10.3. The van der Waals surface area contributed by atoms with Crippen molar-refractivity contribution in [1.29, 1.82) is 0 Å². The maximum absolute atomic E-state index is 12.9. The maximum atomic E-state index is 12.9. The molecule has 0 bridgehead atoms. The molecular weight excluding hydrogens is 225 g/mol. The van der Waals surface area contributed by atoms with Crippen molar-refractivity contribution in [2.75, 3.05) is 0 Å². The number of hydrogen-bond donors (Lipinski definition) is 0. The van der Waals surface area contributed by atoms with Gasteiger partial charge in [0, 0.05) is 6.04 Å². The SMILES string of the molecule is C[Si](F)(F)CCC(F)([N+](=O)[O-])[N+](=O)[O-]. The third kappa shape index (κ3) is 3.28. The van der Waals surface area contributed by atoms with Crippen LogP contribution in [0.25, 0.3) is 0 Å². The van der Waals surface area contributed by atoms with E-state index in [1.165, 1.54) is 0 Å². The Hall–Kier alpha value is -1.19. The van der Waals surface area contributed by atoms with E-state index in [-0.39, 0.29) is 0 Å². The predicted molar refractivity (Wildman–Crippen MR) is 41.1 cm³/mol. The van der Waals surface area contributed by atoms with Crippen LogP contribution in [0.15, 0.2) is 0 Å². The summed E-state index contributed by atoms with van der Waals surface area (Å²) in [6.07, 6.45) is -1.40. The summed E-state index contributed by atoms with van der Waals surface area (Å²) in [5, 5.41) is 19.9. The van der Waals surface area contributed by atoms with Gasteiger partial charge in [0.15, 0.2) is 0 Å². The zero-order valence-electron chi connectivity index (χ0n) is 7.08. The zero-order valence-corrected chi connectivity index (χ0v) is 8.08. The van der Waals surface area contributed by atoms with Gasteiger partial charge in [-0.25, -0.2) is 0 Å². The van der Waals surface area contributed by atoms with Crippen molar-refractivity contribution < 1.29 is 22.5 Å². The topological polar surface area (TPSA) is 86.3 Å². The third-order valence-corrected chi connectivity index (χ3v) is 2.57. The predicted octanol–water partition coefficient (Wildman–Crippen LogP) is 1.56. The molecule has 0 radical (unpaired) electrons. The fourth-order valence-corrected chi connectivity index (χ4v) is 1.38. The molecule has 0 aliphatic heterocycles. The molecule has 0 rings (SSSR count). The van der Waals surface area contributed by atoms with Gasteiger partial charge in [-0.2, -0.15) is 0 Å². The molecule has 0 aliphatic rings. The van der Waals surface area contributed by atoms with Crippen molar-refractivity contribution >= 4 is 8.74 Å². The van der Waals surface area contributed by atoms with Gasteiger partial charge in [-0.05, 0) is 6.55 Å². The molecule has 0 amide bonds. The number of alkyl halides is 1. The minimum Gasteiger partial charge on any atom is -0.271 e. The van der Waals surface area contributed by atoms with Crippen LogP contribution in [-0.2, 0) is 0 Å². The van der Waals surface area contributed by atoms with E-state index in [1.54, 1.807) is 0 Å². The molecule has 0 atom stereocenters. The molecule has 0 aromatic carbocycles. The number of rotatable bonds is 5. The molecule has 0 aromatic rings. The maximum Gasteiger partial charge on any atom is 0.613 e. The number of nitrogens with zero attached hydrogens (tertiary/aromatic N) is 2. The molecule has 0 spiro atoms. The van der Waals surface area contributed by atoms with Crippen LogP contribution in [0.3, 0.4) is 0 Å². The fraction of sp³-hybridized carbons (Fsp3) is 1.00. The van der Waals surface area contributed by atoms with Crippen LogP contribution in [-0.4, -0.2) is 24.5 Å². The van der Waals surface area contributed by atoms with Gasteiger partial charge in [-0.1, -0.05) is 4.39 Å². The van der Waals surface area contributed by atoms with Gasteiger partial charge in [0.1, 0.15) is 16.3 Å². The average molecular weight is 232 g/mol. The Kier molecular flexibility index (Phi) is 3.57. The average Bonchev–Trinajstić information content (AvgIpc) is 1.97. The highest BCUT2D eigenvalue weighted by Crippen LogP contribution is 2.25. The summed E-state index contributed by atoms with van der Waals surface area (Å²) in [5.41, 5.74) is 0. The van der Waals surface area contributed by atoms with Crippen molar-refractivity contribution in [2.45, 2.75) is 24.9 Å². The summed E-state index contributed by atoms with van der Waals surface area (Å²) >= 11 is 0. The molecule has 0 aromatic heterocycles. The quantitative estimate of drug-likeness (QED) is 0.180. The summed E-state index contributed by atoms with van der Waals surface area (Å²) in [4.78, 5) is 16.3. The lowest BCUT2D eigenvalue weighted by molar-refractivity contribution is -0.831. The van der Waals surface area contributed by atoms with Crippen LogP contribution in [0.4, 0.5) is 12.6 Å². The third-order valence-electron chi connectivity index (χ3n) is 1.44. The highest BCUT2D eigenvalue weighted by molar-refractivity contribution is 6.64. The van der Waals surface area contributed by atoms with Gasteiger partial charge in [-0.15, -0.1) is 0 Å². The summed E-state index contributed by atoms with van der Waals surface area (Å²) in [7, 11) is -4.71. The van der Waals surface area contributed by atoms with E-state index in [4.69, 9.17) is 0 Å². The van der Waals surface area contributed by atoms with E-state index >= 15 is 0 Å². The van der Waals surface area contributed by atoms with Crippen LogP contribution >= 0.6 is 0 Å². The molecule has 0 saturated carbocycles. The fourth-order valence-electron chi connectivity index (χ4n) is 0.628. The van der Waals surface area contributed by atoms with Crippen LogP contribution < -0.4 is 0 Å². The number of halogens is 3. The Bertz CT molecular complexity index is 241. The van der Waals surface area contributed by atoms with Gasteiger partial charge in [0.25, 0.3) is 0 Å². The largest absolute Gasteiger partial charge is 0.613 e. The standard InChI is InChI=1S/C4H7F3N2O4Si/c1-14(6,7)3-2-4(5,8(10)11)9(12)13/h2-3H2,1H3. The van der Waals surface area contributed by atoms with E-state index in [0.717, 1.165) is 0 Å². The Morgan fingerprint density at radius 2 is 1.64 bits per heavy atom. The van der Waals surface area contributed by atoms with Gasteiger partial charge >= 0.3 is 14.7 Å². The molecule has 0 saturated heterocycles. The summed E-state index contributed by atoms with van der Waals surface area (Å²) in [6, 6.07) is -1.12. The van der Waals surface area contributed by atoms with Gasteiger partial charge < -0.3 is 0 Å². The minimum atomic E-state index is -4.71. The van der Waals surface area contributed by atoms with Crippen molar-refractivity contribution in [3.63, 3.8) is 0 Å².